The summed E-state index contributed by atoms with van der Waals surface area (Å²) in [6.07, 6.45) is 4.06. The van der Waals surface area contributed by atoms with Gasteiger partial charge in [-0.3, -0.25) is 19.3 Å². The number of urea groups is 1. The first kappa shape index (κ1) is 20.8. The minimum absolute atomic E-state index is 0.141. The van der Waals surface area contributed by atoms with Gasteiger partial charge in [0.15, 0.2) is 0 Å². The molecule has 1 saturated heterocycles. The lowest BCUT2D eigenvalue weighted by Crippen LogP contribution is -2.48. The monoisotopic (exact) mass is 400 g/mol. The van der Waals surface area contributed by atoms with E-state index in [9.17, 15) is 19.2 Å². The summed E-state index contributed by atoms with van der Waals surface area (Å²) in [6, 6.07) is 6.23. The minimum atomic E-state index is -0.841. The Morgan fingerprint density at radius 3 is 2.31 bits per heavy atom. The molecule has 8 nitrogen and oxygen atoms in total. The van der Waals surface area contributed by atoms with Crippen LogP contribution >= 0.6 is 0 Å². The number of imide groups is 1. The van der Waals surface area contributed by atoms with Crippen LogP contribution in [0.15, 0.2) is 24.3 Å². The normalized spacial score (nSPS) is 18.5. The van der Waals surface area contributed by atoms with Crippen LogP contribution in [-0.2, 0) is 14.4 Å². The van der Waals surface area contributed by atoms with Crippen molar-refractivity contribution in [3.05, 3.63) is 24.3 Å². The van der Waals surface area contributed by atoms with Gasteiger partial charge in [-0.05, 0) is 31.0 Å². The lowest BCUT2D eigenvalue weighted by Gasteiger charge is -2.30. The summed E-state index contributed by atoms with van der Waals surface area (Å²) < 4.78 is 0. The van der Waals surface area contributed by atoms with E-state index in [-0.39, 0.29) is 18.4 Å². The standard InChI is InChI=1S/C21H28N4O4/c1-20(2,3)17(27)23-15-9-7-8-14(12-15)22-16(26)13-25-18(28)21(24-19(25)29)10-5-4-6-11-21/h7-9,12H,4-6,10-11,13H2,1-3H3,(H,22,26)(H,23,27)(H,24,29). The molecule has 3 N–H and O–H groups in total. The molecule has 156 valence electrons. The number of hydrogen-bond acceptors (Lipinski definition) is 4. The molecule has 2 aliphatic rings. The maximum atomic E-state index is 12.8. The Labute approximate surface area is 170 Å². The molecule has 1 aliphatic heterocycles. The molecule has 1 aliphatic carbocycles. The topological polar surface area (TPSA) is 108 Å². The van der Waals surface area contributed by atoms with Crippen molar-refractivity contribution in [3.8, 4) is 0 Å². The van der Waals surface area contributed by atoms with Crippen LogP contribution < -0.4 is 16.0 Å². The first-order chi connectivity index (χ1) is 13.6. The molecule has 1 aromatic carbocycles. The molecule has 29 heavy (non-hydrogen) atoms. The third kappa shape index (κ3) is 4.58. The number of hydrogen-bond donors (Lipinski definition) is 3. The molecule has 0 aromatic heterocycles. The van der Waals surface area contributed by atoms with Crippen molar-refractivity contribution in [2.75, 3.05) is 17.2 Å². The van der Waals surface area contributed by atoms with E-state index in [1.165, 1.54) is 0 Å². The number of carbonyl (C=O) groups is 4. The van der Waals surface area contributed by atoms with Gasteiger partial charge in [0.1, 0.15) is 12.1 Å². The molecule has 3 rings (SSSR count). The van der Waals surface area contributed by atoms with Crippen LogP contribution in [0.1, 0.15) is 52.9 Å². The van der Waals surface area contributed by atoms with Gasteiger partial charge in [-0.15, -0.1) is 0 Å². The van der Waals surface area contributed by atoms with Gasteiger partial charge < -0.3 is 16.0 Å². The second kappa shape index (κ2) is 7.85. The maximum absolute atomic E-state index is 12.8. The van der Waals surface area contributed by atoms with E-state index in [0.717, 1.165) is 24.2 Å². The zero-order chi connectivity index (χ0) is 21.2. The van der Waals surface area contributed by atoms with Gasteiger partial charge in [0, 0.05) is 16.8 Å². The molecule has 1 saturated carbocycles. The fourth-order valence-electron chi connectivity index (χ4n) is 3.65. The molecule has 0 bridgehead atoms. The molecular weight excluding hydrogens is 372 g/mol. The summed E-state index contributed by atoms with van der Waals surface area (Å²) >= 11 is 0. The van der Waals surface area contributed by atoms with E-state index in [0.29, 0.717) is 24.2 Å². The number of carbonyl (C=O) groups excluding carboxylic acids is 4. The van der Waals surface area contributed by atoms with Crippen molar-refractivity contribution in [3.63, 3.8) is 0 Å². The summed E-state index contributed by atoms with van der Waals surface area (Å²) in [6.45, 7) is 5.09. The van der Waals surface area contributed by atoms with Gasteiger partial charge >= 0.3 is 6.03 Å². The SMILES string of the molecule is CC(C)(C)C(=O)Nc1cccc(NC(=O)CN2C(=O)NC3(CCCCC3)C2=O)c1. The number of nitrogens with one attached hydrogen (secondary N) is 3. The maximum Gasteiger partial charge on any atom is 0.325 e. The van der Waals surface area contributed by atoms with Crippen molar-refractivity contribution >= 4 is 35.1 Å². The molecule has 8 heteroatoms. The molecule has 2 fully saturated rings. The van der Waals surface area contributed by atoms with E-state index in [4.69, 9.17) is 0 Å². The number of rotatable bonds is 4. The lowest BCUT2D eigenvalue weighted by atomic mass is 9.82. The molecule has 5 amide bonds. The summed E-state index contributed by atoms with van der Waals surface area (Å²) in [5, 5.41) is 8.29. The van der Waals surface area contributed by atoms with Crippen LogP contribution in [-0.4, -0.2) is 40.7 Å². The first-order valence-electron chi connectivity index (χ1n) is 9.96. The smallest absolute Gasteiger partial charge is 0.325 e. The molecule has 0 atom stereocenters. The zero-order valence-corrected chi connectivity index (χ0v) is 17.1. The molecule has 1 heterocycles. The van der Waals surface area contributed by atoms with Crippen molar-refractivity contribution < 1.29 is 19.2 Å². The second-order valence-electron chi connectivity index (χ2n) is 8.80. The molecular formula is C21H28N4O4. The van der Waals surface area contributed by atoms with Gasteiger partial charge in [0.2, 0.25) is 11.8 Å². The van der Waals surface area contributed by atoms with E-state index in [1.807, 2.05) is 20.8 Å². The Hall–Kier alpha value is -2.90. The Bertz CT molecular complexity index is 837. The summed E-state index contributed by atoms with van der Waals surface area (Å²) in [7, 11) is 0. The average molecular weight is 400 g/mol. The van der Waals surface area contributed by atoms with E-state index < -0.39 is 22.9 Å². The predicted octanol–water partition coefficient (Wildman–Crippen LogP) is 2.86. The molecule has 1 spiro atoms. The third-order valence-electron chi connectivity index (χ3n) is 5.34. The Morgan fingerprint density at radius 1 is 1.07 bits per heavy atom. The number of amides is 5. The van der Waals surface area contributed by atoms with Gasteiger partial charge in [-0.1, -0.05) is 46.1 Å². The highest BCUT2D eigenvalue weighted by molar-refractivity contribution is 6.10. The Kier molecular flexibility index (Phi) is 5.64. The molecule has 1 aromatic rings. The lowest BCUT2D eigenvalue weighted by molar-refractivity contribution is -0.134. The summed E-state index contributed by atoms with van der Waals surface area (Å²) in [5.41, 5.74) is -0.357. The van der Waals surface area contributed by atoms with Crippen LogP contribution in [0.3, 0.4) is 0 Å². The third-order valence-corrected chi connectivity index (χ3v) is 5.34. The molecule has 0 unspecified atom stereocenters. The van der Waals surface area contributed by atoms with Crippen LogP contribution in [0.2, 0.25) is 0 Å². The van der Waals surface area contributed by atoms with Gasteiger partial charge in [0.25, 0.3) is 5.91 Å². The van der Waals surface area contributed by atoms with Crippen LogP contribution in [0, 0.1) is 5.41 Å². The average Bonchev–Trinajstić information content (AvgIpc) is 2.86. The van der Waals surface area contributed by atoms with Gasteiger partial charge in [0.05, 0.1) is 0 Å². The summed E-state index contributed by atoms with van der Waals surface area (Å²) in [4.78, 5) is 50.6. The first-order valence-corrected chi connectivity index (χ1v) is 9.96. The van der Waals surface area contributed by atoms with Gasteiger partial charge in [-0.25, -0.2) is 4.79 Å². The van der Waals surface area contributed by atoms with Gasteiger partial charge in [-0.2, -0.15) is 0 Å². The van der Waals surface area contributed by atoms with Crippen molar-refractivity contribution in [2.24, 2.45) is 5.41 Å². The van der Waals surface area contributed by atoms with E-state index in [2.05, 4.69) is 16.0 Å². The quantitative estimate of drug-likeness (QED) is 0.676. The minimum Gasteiger partial charge on any atom is -0.326 e. The fourth-order valence-corrected chi connectivity index (χ4v) is 3.65. The van der Waals surface area contributed by atoms with Crippen LogP contribution in [0.25, 0.3) is 0 Å². The molecule has 0 radical (unpaired) electrons. The highest BCUT2D eigenvalue weighted by Crippen LogP contribution is 2.33. The largest absolute Gasteiger partial charge is 0.326 e. The highest BCUT2D eigenvalue weighted by Gasteiger charge is 2.51. The fraction of sp³-hybridized carbons (Fsp3) is 0.524. The number of nitrogens with zero attached hydrogens (tertiary/aromatic N) is 1. The Morgan fingerprint density at radius 2 is 1.69 bits per heavy atom. The number of benzene rings is 1. The Balaban J connectivity index is 1.62. The van der Waals surface area contributed by atoms with Crippen molar-refractivity contribution in [2.45, 2.75) is 58.4 Å². The van der Waals surface area contributed by atoms with Crippen LogP contribution in [0.5, 0.6) is 0 Å². The highest BCUT2D eigenvalue weighted by atomic mass is 16.2. The van der Waals surface area contributed by atoms with Crippen LogP contribution in [0.4, 0.5) is 16.2 Å². The zero-order valence-electron chi connectivity index (χ0n) is 17.1. The summed E-state index contributed by atoms with van der Waals surface area (Å²) in [5.74, 6) is -0.928. The van der Waals surface area contributed by atoms with Crippen molar-refractivity contribution in [1.29, 1.82) is 0 Å². The van der Waals surface area contributed by atoms with E-state index >= 15 is 0 Å². The predicted molar refractivity (Wildman–Crippen MR) is 109 cm³/mol. The number of anilines is 2. The van der Waals surface area contributed by atoms with Crippen molar-refractivity contribution in [1.82, 2.24) is 10.2 Å². The second-order valence-corrected chi connectivity index (χ2v) is 8.80. The van der Waals surface area contributed by atoms with E-state index in [1.54, 1.807) is 24.3 Å².